The van der Waals surface area contributed by atoms with Crippen molar-refractivity contribution in [3.05, 3.63) is 82.4 Å². The number of rotatable bonds is 4. The minimum atomic E-state index is -0.719. The highest BCUT2D eigenvalue weighted by molar-refractivity contribution is 6.06. The molecule has 7 heteroatoms. The van der Waals surface area contributed by atoms with Gasteiger partial charge in [0.15, 0.2) is 0 Å². The van der Waals surface area contributed by atoms with E-state index >= 15 is 0 Å². The molecule has 0 amide bonds. The molecule has 2 saturated heterocycles. The van der Waals surface area contributed by atoms with Crippen LogP contribution < -0.4 is 10.5 Å². The van der Waals surface area contributed by atoms with Crippen LogP contribution in [0.3, 0.4) is 0 Å². The van der Waals surface area contributed by atoms with E-state index in [4.69, 9.17) is 14.5 Å². The molecule has 0 radical (unpaired) electrons. The molecule has 1 N–H and O–H groups in total. The third-order valence-corrected chi connectivity index (χ3v) is 7.21. The van der Waals surface area contributed by atoms with E-state index in [0.29, 0.717) is 30.4 Å². The largest absolute Gasteiger partial charge is 0.389 e. The van der Waals surface area contributed by atoms with Crippen LogP contribution in [0.15, 0.2) is 65.7 Å². The molecule has 2 fully saturated rings. The van der Waals surface area contributed by atoms with Crippen molar-refractivity contribution in [3.8, 4) is 0 Å². The fourth-order valence-electron chi connectivity index (χ4n) is 5.37. The molecular formula is C28H29N3O4. The van der Waals surface area contributed by atoms with Crippen LogP contribution in [0.2, 0.25) is 0 Å². The van der Waals surface area contributed by atoms with Gasteiger partial charge in [-0.2, -0.15) is 0 Å². The summed E-state index contributed by atoms with van der Waals surface area (Å²) < 4.78 is 12.5. The van der Waals surface area contributed by atoms with Crippen LogP contribution in [-0.2, 0) is 15.9 Å². The molecule has 0 aliphatic carbocycles. The van der Waals surface area contributed by atoms with Crippen LogP contribution in [0.1, 0.15) is 23.6 Å². The number of ether oxygens (including phenoxy) is 2. The number of aliphatic hydroxyl groups excluding tert-OH is 1. The van der Waals surface area contributed by atoms with E-state index in [1.165, 1.54) is 11.3 Å². The molecule has 2 atom stereocenters. The van der Waals surface area contributed by atoms with Gasteiger partial charge >= 0.3 is 0 Å². The lowest BCUT2D eigenvalue weighted by atomic mass is 9.95. The van der Waals surface area contributed by atoms with Gasteiger partial charge in [-0.1, -0.05) is 36.4 Å². The van der Waals surface area contributed by atoms with Gasteiger partial charge in [0.05, 0.1) is 49.2 Å². The Morgan fingerprint density at radius 3 is 2.60 bits per heavy atom. The van der Waals surface area contributed by atoms with Crippen molar-refractivity contribution in [1.29, 1.82) is 0 Å². The number of fused-ring (bicyclic) bond motifs is 3. The quantitative estimate of drug-likeness (QED) is 0.461. The molecule has 180 valence electrons. The summed E-state index contributed by atoms with van der Waals surface area (Å²) in [4.78, 5) is 20.7. The van der Waals surface area contributed by atoms with Crippen LogP contribution in [-0.4, -0.2) is 60.3 Å². The minimum absolute atomic E-state index is 0.116. The predicted octanol–water partition coefficient (Wildman–Crippen LogP) is 3.30. The summed E-state index contributed by atoms with van der Waals surface area (Å²) in [7, 11) is 0. The standard InChI is InChI=1S/C28H29N3O4/c32-26-17-35-11-8-25(26)31-18-29-27-23-7-2-1-6-22(23)20(16-24(27)28(31)33)14-19-4-3-5-21(15-19)30-9-12-34-13-10-30/h1-7,15-16,18,25-26,32H,8-14,17H2. The average molecular weight is 472 g/mol. The fraction of sp³-hybridized carbons (Fsp3) is 0.357. The zero-order chi connectivity index (χ0) is 23.8. The van der Waals surface area contributed by atoms with Crippen LogP contribution in [0.25, 0.3) is 21.7 Å². The van der Waals surface area contributed by atoms with Crippen molar-refractivity contribution < 1.29 is 14.6 Å². The molecule has 3 aromatic carbocycles. The summed E-state index contributed by atoms with van der Waals surface area (Å²) in [6, 6.07) is 18.5. The lowest BCUT2D eigenvalue weighted by Gasteiger charge is -2.29. The van der Waals surface area contributed by atoms with Gasteiger partial charge in [0.2, 0.25) is 0 Å². The number of nitrogens with zero attached hydrogens (tertiary/aromatic N) is 3. The van der Waals surface area contributed by atoms with Crippen molar-refractivity contribution in [3.63, 3.8) is 0 Å². The van der Waals surface area contributed by atoms with Gasteiger partial charge in [-0.15, -0.1) is 0 Å². The second-order valence-electron chi connectivity index (χ2n) is 9.38. The lowest BCUT2D eigenvalue weighted by Crippen LogP contribution is -2.39. The number of aliphatic hydroxyl groups is 1. The van der Waals surface area contributed by atoms with E-state index in [-0.39, 0.29) is 18.2 Å². The molecule has 3 heterocycles. The summed E-state index contributed by atoms with van der Waals surface area (Å²) >= 11 is 0. The number of benzene rings is 3. The molecule has 0 spiro atoms. The van der Waals surface area contributed by atoms with Crippen molar-refractivity contribution in [2.75, 3.05) is 44.4 Å². The van der Waals surface area contributed by atoms with Crippen molar-refractivity contribution in [1.82, 2.24) is 9.55 Å². The smallest absolute Gasteiger partial charge is 0.261 e. The molecule has 0 bridgehead atoms. The molecule has 35 heavy (non-hydrogen) atoms. The summed E-state index contributed by atoms with van der Waals surface area (Å²) in [5.41, 5.74) is 4.08. The summed E-state index contributed by atoms with van der Waals surface area (Å²) in [5, 5.41) is 13.1. The van der Waals surface area contributed by atoms with E-state index in [1.807, 2.05) is 24.3 Å². The normalized spacial score (nSPS) is 21.0. The average Bonchev–Trinajstić information content (AvgIpc) is 2.91. The zero-order valence-corrected chi connectivity index (χ0v) is 19.6. The predicted molar refractivity (Wildman–Crippen MR) is 136 cm³/mol. The van der Waals surface area contributed by atoms with Gasteiger partial charge < -0.3 is 19.5 Å². The Balaban J connectivity index is 1.44. The van der Waals surface area contributed by atoms with E-state index in [9.17, 15) is 9.90 Å². The molecule has 4 aromatic rings. The molecular weight excluding hydrogens is 442 g/mol. The topological polar surface area (TPSA) is 76.8 Å². The number of anilines is 1. The highest BCUT2D eigenvalue weighted by Crippen LogP contribution is 2.29. The molecule has 7 nitrogen and oxygen atoms in total. The Kier molecular flexibility index (Phi) is 5.98. The van der Waals surface area contributed by atoms with E-state index in [0.717, 1.165) is 42.6 Å². The number of morpholine rings is 1. The highest BCUT2D eigenvalue weighted by Gasteiger charge is 2.27. The molecule has 2 aliphatic rings. The van der Waals surface area contributed by atoms with Crippen LogP contribution in [0.5, 0.6) is 0 Å². The Morgan fingerprint density at radius 2 is 1.77 bits per heavy atom. The van der Waals surface area contributed by atoms with Gasteiger partial charge in [-0.05, 0) is 47.6 Å². The Hall–Kier alpha value is -3.26. The van der Waals surface area contributed by atoms with Crippen LogP contribution in [0.4, 0.5) is 5.69 Å². The van der Waals surface area contributed by atoms with Gasteiger partial charge in [0.25, 0.3) is 5.56 Å². The maximum atomic E-state index is 13.6. The minimum Gasteiger partial charge on any atom is -0.389 e. The van der Waals surface area contributed by atoms with E-state index in [1.54, 1.807) is 10.9 Å². The maximum Gasteiger partial charge on any atom is 0.261 e. The monoisotopic (exact) mass is 471 g/mol. The molecule has 6 rings (SSSR count). The molecule has 2 aliphatic heterocycles. The third kappa shape index (κ3) is 4.20. The van der Waals surface area contributed by atoms with Crippen LogP contribution in [0, 0.1) is 0 Å². The molecule has 2 unspecified atom stereocenters. The first kappa shape index (κ1) is 22.2. The maximum absolute atomic E-state index is 13.6. The fourth-order valence-corrected chi connectivity index (χ4v) is 5.37. The first-order valence-electron chi connectivity index (χ1n) is 12.3. The zero-order valence-electron chi connectivity index (χ0n) is 19.6. The Labute approximate surface area is 203 Å². The van der Waals surface area contributed by atoms with Gasteiger partial charge in [0, 0.05) is 30.8 Å². The molecule has 1 aromatic heterocycles. The Morgan fingerprint density at radius 1 is 0.943 bits per heavy atom. The number of hydrogen-bond acceptors (Lipinski definition) is 6. The van der Waals surface area contributed by atoms with Crippen LogP contribution >= 0.6 is 0 Å². The second kappa shape index (κ2) is 9.41. The lowest BCUT2D eigenvalue weighted by molar-refractivity contribution is -0.0395. The number of hydrogen-bond donors (Lipinski definition) is 1. The van der Waals surface area contributed by atoms with Gasteiger partial charge in [-0.25, -0.2) is 4.98 Å². The van der Waals surface area contributed by atoms with Gasteiger partial charge in [0.1, 0.15) is 0 Å². The first-order chi connectivity index (χ1) is 17.2. The first-order valence-corrected chi connectivity index (χ1v) is 12.3. The number of aromatic nitrogens is 2. The van der Waals surface area contributed by atoms with Crippen molar-refractivity contribution >= 4 is 27.4 Å². The third-order valence-electron chi connectivity index (χ3n) is 7.21. The summed E-state index contributed by atoms with van der Waals surface area (Å²) in [5.74, 6) is 0. The van der Waals surface area contributed by atoms with E-state index in [2.05, 4.69) is 35.2 Å². The molecule has 0 saturated carbocycles. The Bertz CT molecular complexity index is 1430. The van der Waals surface area contributed by atoms with E-state index < -0.39 is 6.10 Å². The second-order valence-corrected chi connectivity index (χ2v) is 9.38. The van der Waals surface area contributed by atoms with Crippen molar-refractivity contribution in [2.24, 2.45) is 0 Å². The highest BCUT2D eigenvalue weighted by atomic mass is 16.5. The van der Waals surface area contributed by atoms with Gasteiger partial charge in [-0.3, -0.25) is 9.36 Å². The summed E-state index contributed by atoms with van der Waals surface area (Å²) in [6.07, 6.45) is 2.16. The summed E-state index contributed by atoms with van der Waals surface area (Å²) in [6.45, 7) is 4.05. The SMILES string of the molecule is O=c1c2cc(Cc3cccc(N4CCOCC4)c3)c3ccccc3c2ncn1C1CCOCC1O. The van der Waals surface area contributed by atoms with Crippen molar-refractivity contribution in [2.45, 2.75) is 25.0 Å².